The number of benzene rings is 3. The van der Waals surface area contributed by atoms with Gasteiger partial charge in [0, 0.05) is 0 Å². The van der Waals surface area contributed by atoms with Crippen LogP contribution in [-0.4, -0.2) is 18.7 Å². The van der Waals surface area contributed by atoms with Crippen molar-refractivity contribution in [2.45, 2.75) is 45.1 Å². The van der Waals surface area contributed by atoms with Crippen LogP contribution < -0.4 is 5.32 Å². The fourth-order valence-electron chi connectivity index (χ4n) is 4.86. The van der Waals surface area contributed by atoms with Crippen molar-refractivity contribution in [2.24, 2.45) is 0 Å². The standard InChI is InChI=1S/C32H30ClNO4S/c1-4-37-30(35)32(16-17-32)25-13-10-23(11-14-25)26-15-12-24(18-20(26)2)29-27(19-28(33)39-29)34-31(36)38-21(3)22-8-6-5-7-9-22/h5-15,18-19,21H,4,16-17H2,1-3H3,(H,34,36)/t21-/m1/s1. The molecule has 39 heavy (non-hydrogen) atoms. The molecule has 200 valence electrons. The highest BCUT2D eigenvalue weighted by Crippen LogP contribution is 2.49. The summed E-state index contributed by atoms with van der Waals surface area (Å²) in [4.78, 5) is 26.0. The van der Waals surface area contributed by atoms with E-state index in [4.69, 9.17) is 21.1 Å². The molecule has 0 saturated heterocycles. The van der Waals surface area contributed by atoms with Gasteiger partial charge in [0.05, 0.1) is 26.9 Å². The maximum Gasteiger partial charge on any atom is 0.412 e. The molecule has 1 aliphatic carbocycles. The molecule has 4 aromatic rings. The third kappa shape index (κ3) is 5.72. The van der Waals surface area contributed by atoms with Gasteiger partial charge in [-0.25, -0.2) is 4.79 Å². The Morgan fingerprint density at radius 3 is 2.33 bits per heavy atom. The molecule has 0 spiro atoms. The smallest absolute Gasteiger partial charge is 0.412 e. The highest BCUT2D eigenvalue weighted by Gasteiger charge is 2.52. The van der Waals surface area contributed by atoms with E-state index in [0.29, 0.717) is 16.6 Å². The summed E-state index contributed by atoms with van der Waals surface area (Å²) in [5.74, 6) is -0.129. The molecule has 0 unspecified atom stereocenters. The van der Waals surface area contributed by atoms with Gasteiger partial charge in [-0.3, -0.25) is 10.1 Å². The fourth-order valence-corrected chi connectivity index (χ4v) is 6.04. The molecule has 1 heterocycles. The summed E-state index contributed by atoms with van der Waals surface area (Å²) in [7, 11) is 0. The Morgan fingerprint density at radius 2 is 1.69 bits per heavy atom. The second kappa shape index (κ2) is 11.2. The summed E-state index contributed by atoms with van der Waals surface area (Å²) >= 11 is 7.76. The first-order chi connectivity index (χ1) is 18.8. The normalized spacial score (nSPS) is 14.4. The monoisotopic (exact) mass is 559 g/mol. The lowest BCUT2D eigenvalue weighted by Gasteiger charge is -2.16. The van der Waals surface area contributed by atoms with E-state index in [1.54, 1.807) is 6.07 Å². The lowest BCUT2D eigenvalue weighted by Crippen LogP contribution is -2.23. The number of esters is 1. The molecule has 0 radical (unpaired) electrons. The average molecular weight is 560 g/mol. The molecular formula is C32H30ClNO4S. The number of thiophene rings is 1. The predicted octanol–water partition coefficient (Wildman–Crippen LogP) is 8.95. The van der Waals surface area contributed by atoms with Crippen molar-refractivity contribution in [1.82, 2.24) is 0 Å². The number of amides is 1. The van der Waals surface area contributed by atoms with Crippen molar-refractivity contribution in [3.63, 3.8) is 0 Å². The minimum Gasteiger partial charge on any atom is -0.465 e. The average Bonchev–Trinajstić information content (AvgIpc) is 3.67. The first-order valence-corrected chi connectivity index (χ1v) is 14.2. The number of halogens is 1. The largest absolute Gasteiger partial charge is 0.465 e. The Balaban J connectivity index is 1.32. The SMILES string of the molecule is CCOC(=O)C1(c2ccc(-c3ccc(-c4sc(Cl)cc4NC(=O)O[C@H](C)c4ccccc4)cc3C)cc2)CC1. The molecular weight excluding hydrogens is 530 g/mol. The number of carbonyl (C=O) groups is 2. The minimum absolute atomic E-state index is 0.129. The zero-order valence-electron chi connectivity index (χ0n) is 22.1. The van der Waals surface area contributed by atoms with Crippen molar-refractivity contribution in [2.75, 3.05) is 11.9 Å². The van der Waals surface area contributed by atoms with Gasteiger partial charge in [0.25, 0.3) is 0 Å². The van der Waals surface area contributed by atoms with E-state index >= 15 is 0 Å². The number of carbonyl (C=O) groups excluding carboxylic acids is 2. The van der Waals surface area contributed by atoms with Gasteiger partial charge in [0.1, 0.15) is 6.10 Å². The van der Waals surface area contributed by atoms with Gasteiger partial charge in [-0.05, 0) is 79.1 Å². The number of ether oxygens (including phenoxy) is 2. The van der Waals surface area contributed by atoms with Gasteiger partial charge in [0.15, 0.2) is 0 Å². The Bertz CT molecular complexity index is 1490. The Labute approximate surface area is 237 Å². The fraction of sp³-hybridized carbons (Fsp3) is 0.250. The van der Waals surface area contributed by atoms with Crippen LogP contribution in [0.15, 0.2) is 78.9 Å². The van der Waals surface area contributed by atoms with Crippen molar-refractivity contribution in [1.29, 1.82) is 0 Å². The van der Waals surface area contributed by atoms with Crippen LogP contribution >= 0.6 is 22.9 Å². The molecule has 1 saturated carbocycles. The summed E-state index contributed by atoms with van der Waals surface area (Å²) < 4.78 is 11.5. The Morgan fingerprint density at radius 1 is 1.00 bits per heavy atom. The van der Waals surface area contributed by atoms with E-state index < -0.39 is 11.5 Å². The lowest BCUT2D eigenvalue weighted by atomic mass is 9.92. The van der Waals surface area contributed by atoms with Crippen molar-refractivity contribution in [3.8, 4) is 21.6 Å². The number of aryl methyl sites for hydroxylation is 1. The molecule has 1 amide bonds. The van der Waals surface area contributed by atoms with Crippen LogP contribution in [0.5, 0.6) is 0 Å². The van der Waals surface area contributed by atoms with E-state index in [-0.39, 0.29) is 12.1 Å². The number of anilines is 1. The lowest BCUT2D eigenvalue weighted by molar-refractivity contribution is -0.146. The molecule has 1 N–H and O–H groups in total. The predicted molar refractivity (Wildman–Crippen MR) is 157 cm³/mol. The Kier molecular flexibility index (Phi) is 7.78. The van der Waals surface area contributed by atoms with E-state index in [1.165, 1.54) is 11.3 Å². The highest BCUT2D eigenvalue weighted by molar-refractivity contribution is 7.20. The van der Waals surface area contributed by atoms with Gasteiger partial charge in [-0.2, -0.15) is 0 Å². The molecule has 5 rings (SSSR count). The second-order valence-electron chi connectivity index (χ2n) is 9.79. The summed E-state index contributed by atoms with van der Waals surface area (Å²) in [5.41, 5.74) is 6.27. The first kappa shape index (κ1) is 27.0. The highest BCUT2D eigenvalue weighted by atomic mass is 35.5. The van der Waals surface area contributed by atoms with E-state index in [2.05, 4.69) is 36.5 Å². The quantitative estimate of drug-likeness (QED) is 0.219. The van der Waals surface area contributed by atoms with Crippen molar-refractivity contribution < 1.29 is 19.1 Å². The van der Waals surface area contributed by atoms with Crippen molar-refractivity contribution in [3.05, 3.63) is 99.9 Å². The van der Waals surface area contributed by atoms with Crippen LogP contribution in [0.1, 0.15) is 49.5 Å². The zero-order valence-corrected chi connectivity index (χ0v) is 23.7. The third-order valence-corrected chi connectivity index (χ3v) is 8.46. The van der Waals surface area contributed by atoms with Crippen LogP contribution in [0.4, 0.5) is 10.5 Å². The molecule has 3 aromatic carbocycles. The molecule has 5 nitrogen and oxygen atoms in total. The summed E-state index contributed by atoms with van der Waals surface area (Å²) in [6.45, 7) is 6.13. The summed E-state index contributed by atoms with van der Waals surface area (Å²) in [6.07, 6.45) is 0.741. The minimum atomic E-state index is -0.535. The number of hydrogen-bond donors (Lipinski definition) is 1. The number of nitrogens with one attached hydrogen (secondary N) is 1. The maximum absolute atomic E-state index is 12.7. The van der Waals surface area contributed by atoms with Gasteiger partial charge >= 0.3 is 12.1 Å². The summed E-state index contributed by atoms with van der Waals surface area (Å²) in [6, 6.07) is 25.7. The van der Waals surface area contributed by atoms with Crippen LogP contribution in [-0.2, 0) is 19.7 Å². The molecule has 1 aliphatic rings. The number of rotatable bonds is 8. The van der Waals surface area contributed by atoms with Crippen LogP contribution in [0.25, 0.3) is 21.6 Å². The van der Waals surface area contributed by atoms with E-state index in [0.717, 1.165) is 51.1 Å². The zero-order chi connectivity index (χ0) is 27.6. The molecule has 0 aliphatic heterocycles. The van der Waals surface area contributed by atoms with E-state index in [1.807, 2.05) is 62.4 Å². The second-order valence-corrected chi connectivity index (χ2v) is 11.5. The third-order valence-electron chi connectivity index (χ3n) is 7.14. The van der Waals surface area contributed by atoms with Gasteiger partial charge < -0.3 is 9.47 Å². The van der Waals surface area contributed by atoms with Gasteiger partial charge in [0.2, 0.25) is 0 Å². The van der Waals surface area contributed by atoms with Crippen LogP contribution in [0, 0.1) is 6.92 Å². The molecule has 1 aromatic heterocycles. The van der Waals surface area contributed by atoms with Crippen molar-refractivity contribution >= 4 is 40.7 Å². The molecule has 1 fully saturated rings. The topological polar surface area (TPSA) is 64.6 Å². The Hall–Kier alpha value is -3.61. The molecule has 7 heteroatoms. The van der Waals surface area contributed by atoms with Crippen LogP contribution in [0.2, 0.25) is 4.34 Å². The van der Waals surface area contributed by atoms with Crippen LogP contribution in [0.3, 0.4) is 0 Å². The maximum atomic E-state index is 12.7. The molecule has 0 bridgehead atoms. The summed E-state index contributed by atoms with van der Waals surface area (Å²) in [5, 5.41) is 2.87. The van der Waals surface area contributed by atoms with Gasteiger partial charge in [-0.1, -0.05) is 78.3 Å². The number of hydrogen-bond acceptors (Lipinski definition) is 5. The van der Waals surface area contributed by atoms with Gasteiger partial charge in [-0.15, -0.1) is 11.3 Å². The molecule has 1 atom stereocenters. The van der Waals surface area contributed by atoms with E-state index in [9.17, 15) is 9.59 Å². The first-order valence-electron chi connectivity index (χ1n) is 13.0.